The molecule has 0 saturated carbocycles. The number of fused-ring (bicyclic) bond motifs is 1. The molecular weight excluding hydrogens is 384 g/mol. The molecule has 1 saturated heterocycles. The standard InChI is InChI=1S/C22H20N4O4/c1-3-30-20(27)17-14-18-23-10-12-26(18)19(24-17)16-6-4-5-15(13-16)7-8-22(29)9-11-25(2)21(22)28/h4-6,10,12-14,29H,3,9,11H2,1-2H3/t22-/m1/s1. The van der Waals surface area contributed by atoms with Crippen molar-refractivity contribution in [3.8, 4) is 23.2 Å². The summed E-state index contributed by atoms with van der Waals surface area (Å²) in [6.45, 7) is 2.44. The highest BCUT2D eigenvalue weighted by Crippen LogP contribution is 2.23. The van der Waals surface area contributed by atoms with E-state index in [4.69, 9.17) is 4.74 Å². The van der Waals surface area contributed by atoms with Gasteiger partial charge in [-0.05, 0) is 19.1 Å². The lowest BCUT2D eigenvalue weighted by molar-refractivity contribution is -0.137. The maximum atomic E-state index is 12.2. The molecule has 4 rings (SSSR count). The van der Waals surface area contributed by atoms with Gasteiger partial charge in [0.15, 0.2) is 5.69 Å². The van der Waals surface area contributed by atoms with Crippen LogP contribution in [0.3, 0.4) is 0 Å². The molecule has 2 aromatic heterocycles. The number of likely N-dealkylation sites (N-methyl/N-ethyl adjacent to an activating group) is 1. The molecule has 30 heavy (non-hydrogen) atoms. The predicted molar refractivity (Wildman–Crippen MR) is 108 cm³/mol. The van der Waals surface area contributed by atoms with Crippen LogP contribution in [0.4, 0.5) is 0 Å². The summed E-state index contributed by atoms with van der Waals surface area (Å²) in [6, 6.07) is 8.78. The molecule has 3 aromatic rings. The summed E-state index contributed by atoms with van der Waals surface area (Å²) >= 11 is 0. The van der Waals surface area contributed by atoms with Gasteiger partial charge in [-0.25, -0.2) is 14.8 Å². The van der Waals surface area contributed by atoms with Crippen LogP contribution in [0.15, 0.2) is 42.7 Å². The second kappa shape index (κ2) is 7.61. The maximum Gasteiger partial charge on any atom is 0.357 e. The van der Waals surface area contributed by atoms with Crippen LogP contribution >= 0.6 is 0 Å². The van der Waals surface area contributed by atoms with Crippen LogP contribution in [-0.2, 0) is 9.53 Å². The zero-order chi connectivity index (χ0) is 21.3. The fourth-order valence-corrected chi connectivity index (χ4v) is 3.32. The number of imidazole rings is 1. The lowest BCUT2D eigenvalue weighted by Gasteiger charge is -2.13. The third-order valence-corrected chi connectivity index (χ3v) is 4.92. The summed E-state index contributed by atoms with van der Waals surface area (Å²) in [6.07, 6.45) is 3.64. The first-order valence-electron chi connectivity index (χ1n) is 9.54. The van der Waals surface area contributed by atoms with Gasteiger partial charge in [-0.1, -0.05) is 24.0 Å². The summed E-state index contributed by atoms with van der Waals surface area (Å²) in [4.78, 5) is 34.5. The topological polar surface area (TPSA) is 97.0 Å². The molecule has 1 aromatic carbocycles. The minimum absolute atomic E-state index is 0.163. The van der Waals surface area contributed by atoms with Gasteiger partial charge in [0.25, 0.3) is 5.91 Å². The first-order valence-corrected chi connectivity index (χ1v) is 9.54. The Bertz CT molecular complexity index is 1210. The molecule has 0 bridgehead atoms. The minimum Gasteiger partial charge on any atom is -0.461 e. The number of hydrogen-bond donors (Lipinski definition) is 1. The van der Waals surface area contributed by atoms with E-state index >= 15 is 0 Å². The normalized spacial score (nSPS) is 18.4. The number of esters is 1. The van der Waals surface area contributed by atoms with E-state index in [-0.39, 0.29) is 18.7 Å². The Morgan fingerprint density at radius 3 is 2.93 bits per heavy atom. The first kappa shape index (κ1) is 19.6. The molecule has 1 atom stereocenters. The number of aliphatic hydroxyl groups is 1. The SMILES string of the molecule is CCOC(=O)c1cc2nccn2c(-c2cccc(C#C[C@@]3(O)CCN(C)C3=O)c2)n1. The number of hydrogen-bond acceptors (Lipinski definition) is 6. The zero-order valence-corrected chi connectivity index (χ0v) is 16.6. The quantitative estimate of drug-likeness (QED) is 0.525. The third kappa shape index (κ3) is 3.51. The van der Waals surface area contributed by atoms with Crippen LogP contribution < -0.4 is 0 Å². The lowest BCUT2D eigenvalue weighted by Crippen LogP contribution is -2.37. The van der Waals surface area contributed by atoms with Crippen molar-refractivity contribution < 1.29 is 19.4 Å². The number of ether oxygens (including phenoxy) is 1. The Balaban J connectivity index is 1.74. The maximum absolute atomic E-state index is 12.2. The van der Waals surface area contributed by atoms with Crippen LogP contribution in [0.5, 0.6) is 0 Å². The largest absolute Gasteiger partial charge is 0.461 e. The van der Waals surface area contributed by atoms with Crippen molar-refractivity contribution in [2.75, 3.05) is 20.2 Å². The van der Waals surface area contributed by atoms with Gasteiger partial charge in [0.1, 0.15) is 11.5 Å². The molecule has 1 aliphatic heterocycles. The first-order chi connectivity index (χ1) is 14.4. The molecular formula is C22H20N4O4. The number of carbonyl (C=O) groups excluding carboxylic acids is 2. The molecule has 8 nitrogen and oxygen atoms in total. The average molecular weight is 404 g/mol. The van der Waals surface area contributed by atoms with E-state index in [1.54, 1.807) is 55.0 Å². The van der Waals surface area contributed by atoms with E-state index < -0.39 is 17.5 Å². The monoisotopic (exact) mass is 404 g/mol. The van der Waals surface area contributed by atoms with Gasteiger partial charge in [0.05, 0.1) is 6.61 Å². The van der Waals surface area contributed by atoms with E-state index in [0.29, 0.717) is 29.1 Å². The summed E-state index contributed by atoms with van der Waals surface area (Å²) in [5.41, 5.74) is 0.381. The summed E-state index contributed by atoms with van der Waals surface area (Å²) in [7, 11) is 1.64. The number of carbonyl (C=O) groups is 2. The summed E-state index contributed by atoms with van der Waals surface area (Å²) < 4.78 is 6.83. The molecule has 3 heterocycles. The minimum atomic E-state index is -1.66. The van der Waals surface area contributed by atoms with Crippen molar-refractivity contribution in [1.29, 1.82) is 0 Å². The Morgan fingerprint density at radius 2 is 2.20 bits per heavy atom. The number of rotatable bonds is 3. The van der Waals surface area contributed by atoms with E-state index in [1.807, 2.05) is 6.07 Å². The van der Waals surface area contributed by atoms with Crippen LogP contribution in [0, 0.1) is 11.8 Å². The molecule has 0 aliphatic carbocycles. The fourth-order valence-electron chi connectivity index (χ4n) is 3.32. The van der Waals surface area contributed by atoms with Crippen LogP contribution in [0.1, 0.15) is 29.4 Å². The highest BCUT2D eigenvalue weighted by atomic mass is 16.5. The van der Waals surface area contributed by atoms with Gasteiger partial charge < -0.3 is 14.7 Å². The Hall–Kier alpha value is -3.70. The summed E-state index contributed by atoms with van der Waals surface area (Å²) in [5.74, 6) is 5.20. The second-order valence-electron chi connectivity index (χ2n) is 7.01. The van der Waals surface area contributed by atoms with Gasteiger partial charge in [0, 0.05) is 49.6 Å². The predicted octanol–water partition coefficient (Wildman–Crippen LogP) is 1.52. The molecule has 1 fully saturated rings. The molecule has 0 unspecified atom stereocenters. The van der Waals surface area contributed by atoms with Crippen molar-refractivity contribution in [3.63, 3.8) is 0 Å². The van der Waals surface area contributed by atoms with Gasteiger partial charge in [-0.2, -0.15) is 0 Å². The highest BCUT2D eigenvalue weighted by Gasteiger charge is 2.42. The van der Waals surface area contributed by atoms with Gasteiger partial charge in [-0.15, -0.1) is 0 Å². The van der Waals surface area contributed by atoms with Gasteiger partial charge >= 0.3 is 5.97 Å². The molecule has 1 aliphatic rings. The number of aromatic nitrogens is 3. The number of benzene rings is 1. The van der Waals surface area contributed by atoms with Crippen molar-refractivity contribution in [3.05, 3.63) is 54.0 Å². The summed E-state index contributed by atoms with van der Waals surface area (Å²) in [5, 5.41) is 10.5. The number of likely N-dealkylation sites (tertiary alicyclic amines) is 1. The molecule has 0 spiro atoms. The van der Waals surface area contributed by atoms with E-state index in [2.05, 4.69) is 21.8 Å². The van der Waals surface area contributed by atoms with Crippen LogP contribution in [0.25, 0.3) is 17.0 Å². The second-order valence-corrected chi connectivity index (χ2v) is 7.01. The van der Waals surface area contributed by atoms with Crippen molar-refractivity contribution in [2.24, 2.45) is 0 Å². The molecule has 8 heteroatoms. The number of nitrogens with zero attached hydrogens (tertiary/aromatic N) is 4. The van der Waals surface area contributed by atoms with Crippen molar-refractivity contribution in [2.45, 2.75) is 18.9 Å². The highest BCUT2D eigenvalue weighted by molar-refractivity contribution is 5.90. The van der Waals surface area contributed by atoms with E-state index in [1.165, 1.54) is 4.90 Å². The fraction of sp³-hybridized carbons (Fsp3) is 0.273. The van der Waals surface area contributed by atoms with Gasteiger partial charge in [-0.3, -0.25) is 9.20 Å². The Kier molecular flexibility index (Phi) is 4.98. The number of amides is 1. The van der Waals surface area contributed by atoms with E-state index in [0.717, 1.165) is 0 Å². The lowest BCUT2D eigenvalue weighted by atomic mass is 10.0. The Morgan fingerprint density at radius 1 is 1.37 bits per heavy atom. The molecule has 1 amide bonds. The van der Waals surface area contributed by atoms with Gasteiger partial charge in [0.2, 0.25) is 5.60 Å². The zero-order valence-electron chi connectivity index (χ0n) is 16.6. The molecule has 152 valence electrons. The van der Waals surface area contributed by atoms with Crippen molar-refractivity contribution >= 4 is 17.5 Å². The molecule has 1 N–H and O–H groups in total. The molecule has 0 radical (unpaired) electrons. The Labute approximate surface area is 173 Å². The van der Waals surface area contributed by atoms with Crippen molar-refractivity contribution in [1.82, 2.24) is 19.3 Å². The third-order valence-electron chi connectivity index (χ3n) is 4.92. The van der Waals surface area contributed by atoms with E-state index in [9.17, 15) is 14.7 Å². The van der Waals surface area contributed by atoms with Crippen LogP contribution in [-0.4, -0.2) is 62.1 Å². The van der Waals surface area contributed by atoms with Crippen LogP contribution in [0.2, 0.25) is 0 Å². The average Bonchev–Trinajstić information content (AvgIpc) is 3.33. The smallest absolute Gasteiger partial charge is 0.357 e.